The van der Waals surface area contributed by atoms with Crippen LogP contribution in [0.2, 0.25) is 0 Å². The first-order valence-corrected chi connectivity index (χ1v) is 4.99. The summed E-state index contributed by atoms with van der Waals surface area (Å²) in [6.45, 7) is 1.63. The van der Waals surface area contributed by atoms with Crippen molar-refractivity contribution in [3.63, 3.8) is 0 Å². The molecule has 0 spiro atoms. The van der Waals surface area contributed by atoms with E-state index in [0.29, 0.717) is 0 Å². The number of pyridine rings is 1. The van der Waals surface area contributed by atoms with Crippen LogP contribution in [-0.2, 0) is 4.74 Å². The number of ether oxygens (including phenoxy) is 2. The number of hydrogen-bond acceptors (Lipinski definition) is 5. The number of nitriles is 1. The van der Waals surface area contributed by atoms with Gasteiger partial charge in [-0.1, -0.05) is 0 Å². The van der Waals surface area contributed by atoms with Gasteiger partial charge in [0.25, 0.3) is 6.43 Å². The fourth-order valence-corrected chi connectivity index (χ4v) is 1.29. The van der Waals surface area contributed by atoms with E-state index in [1.807, 2.05) is 0 Å². The molecule has 0 saturated carbocycles. The zero-order valence-corrected chi connectivity index (χ0v) is 9.74. The first-order chi connectivity index (χ1) is 8.54. The standard InChI is InChI=1S/C11H10F2N2O3/c1-3-18-11(16)6-4-8(17-2)15-9(10(12)13)7(6)5-14/h4,10H,3H2,1-2H3. The van der Waals surface area contributed by atoms with Crippen LogP contribution in [0.25, 0.3) is 0 Å². The highest BCUT2D eigenvalue weighted by Gasteiger charge is 2.24. The van der Waals surface area contributed by atoms with Gasteiger partial charge in [0.1, 0.15) is 11.8 Å². The van der Waals surface area contributed by atoms with Crippen LogP contribution in [0.3, 0.4) is 0 Å². The number of carbonyl (C=O) groups is 1. The summed E-state index contributed by atoms with van der Waals surface area (Å²) in [7, 11) is 1.22. The molecular weight excluding hydrogens is 246 g/mol. The van der Waals surface area contributed by atoms with E-state index in [2.05, 4.69) is 9.72 Å². The van der Waals surface area contributed by atoms with Gasteiger partial charge in [0, 0.05) is 6.07 Å². The number of carbonyl (C=O) groups excluding carboxylic acids is 1. The highest BCUT2D eigenvalue weighted by Crippen LogP contribution is 2.27. The lowest BCUT2D eigenvalue weighted by atomic mass is 10.1. The fourth-order valence-electron chi connectivity index (χ4n) is 1.29. The maximum absolute atomic E-state index is 12.7. The molecule has 0 fully saturated rings. The Labute approximate surface area is 102 Å². The molecule has 7 heteroatoms. The Morgan fingerprint density at radius 2 is 2.28 bits per heavy atom. The van der Waals surface area contributed by atoms with Crippen LogP contribution in [0.15, 0.2) is 6.07 Å². The summed E-state index contributed by atoms with van der Waals surface area (Å²) in [4.78, 5) is 15.0. The van der Waals surface area contributed by atoms with Crippen molar-refractivity contribution in [1.29, 1.82) is 5.26 Å². The minimum atomic E-state index is -2.98. The van der Waals surface area contributed by atoms with Gasteiger partial charge in [0.2, 0.25) is 5.88 Å². The van der Waals surface area contributed by atoms with E-state index >= 15 is 0 Å². The van der Waals surface area contributed by atoms with Crippen molar-refractivity contribution in [2.75, 3.05) is 13.7 Å². The van der Waals surface area contributed by atoms with E-state index in [0.717, 1.165) is 6.07 Å². The molecule has 0 amide bonds. The Hall–Kier alpha value is -2.23. The van der Waals surface area contributed by atoms with Gasteiger partial charge in [-0.25, -0.2) is 18.6 Å². The molecule has 1 aromatic rings. The molecule has 0 aliphatic carbocycles. The minimum absolute atomic E-state index is 0.0678. The quantitative estimate of drug-likeness (QED) is 0.771. The number of rotatable bonds is 4. The Balaban J connectivity index is 3.43. The van der Waals surface area contributed by atoms with Gasteiger partial charge in [0.15, 0.2) is 0 Å². The van der Waals surface area contributed by atoms with Crippen molar-refractivity contribution in [3.8, 4) is 11.9 Å². The number of alkyl halides is 2. The van der Waals surface area contributed by atoms with Crippen LogP contribution in [0.4, 0.5) is 8.78 Å². The highest BCUT2D eigenvalue weighted by molar-refractivity contribution is 5.92. The van der Waals surface area contributed by atoms with E-state index in [-0.39, 0.29) is 18.1 Å². The van der Waals surface area contributed by atoms with E-state index in [1.165, 1.54) is 13.2 Å². The third kappa shape index (κ3) is 2.71. The molecule has 0 aliphatic heterocycles. The molecule has 0 unspecified atom stereocenters. The SMILES string of the molecule is CCOC(=O)c1cc(OC)nc(C(F)F)c1C#N. The normalized spacial score (nSPS) is 10.0. The van der Waals surface area contributed by atoms with Gasteiger partial charge in [0.05, 0.1) is 24.8 Å². The second kappa shape index (κ2) is 5.91. The van der Waals surface area contributed by atoms with Gasteiger partial charge in [-0.3, -0.25) is 0 Å². The fraction of sp³-hybridized carbons (Fsp3) is 0.364. The number of esters is 1. The summed E-state index contributed by atoms with van der Waals surface area (Å²) in [5.41, 5.74) is -1.56. The van der Waals surface area contributed by atoms with Gasteiger partial charge in [-0.15, -0.1) is 0 Å². The molecule has 1 heterocycles. The van der Waals surface area contributed by atoms with Crippen LogP contribution < -0.4 is 4.74 Å². The molecule has 0 radical (unpaired) electrons. The number of halogens is 2. The topological polar surface area (TPSA) is 72.2 Å². The minimum Gasteiger partial charge on any atom is -0.481 e. The Morgan fingerprint density at radius 1 is 1.61 bits per heavy atom. The predicted molar refractivity (Wildman–Crippen MR) is 56.4 cm³/mol. The van der Waals surface area contributed by atoms with Crippen LogP contribution in [0.5, 0.6) is 5.88 Å². The first-order valence-electron chi connectivity index (χ1n) is 4.99. The van der Waals surface area contributed by atoms with Crippen LogP contribution in [0, 0.1) is 11.3 Å². The molecule has 0 N–H and O–H groups in total. The zero-order chi connectivity index (χ0) is 13.7. The molecule has 0 aliphatic rings. The van der Waals surface area contributed by atoms with Gasteiger partial charge >= 0.3 is 5.97 Å². The summed E-state index contributed by atoms with van der Waals surface area (Å²) in [5, 5.41) is 8.86. The predicted octanol–water partition coefficient (Wildman–Crippen LogP) is 2.08. The second-order valence-electron chi connectivity index (χ2n) is 3.11. The average Bonchev–Trinajstić information content (AvgIpc) is 2.37. The van der Waals surface area contributed by atoms with Crippen molar-refractivity contribution in [1.82, 2.24) is 4.98 Å². The molecule has 0 aromatic carbocycles. The van der Waals surface area contributed by atoms with E-state index < -0.39 is 23.7 Å². The number of aromatic nitrogens is 1. The molecule has 0 saturated heterocycles. The Kier molecular flexibility index (Phi) is 4.54. The number of nitrogens with zero attached hydrogens (tertiary/aromatic N) is 2. The van der Waals surface area contributed by atoms with Crippen molar-refractivity contribution in [2.24, 2.45) is 0 Å². The number of methoxy groups -OCH3 is 1. The summed E-state index contributed by atoms with van der Waals surface area (Å²) < 4.78 is 34.9. The van der Waals surface area contributed by atoms with Crippen LogP contribution >= 0.6 is 0 Å². The maximum atomic E-state index is 12.7. The third-order valence-corrected chi connectivity index (χ3v) is 2.05. The molecule has 5 nitrogen and oxygen atoms in total. The highest BCUT2D eigenvalue weighted by atomic mass is 19.3. The van der Waals surface area contributed by atoms with Crippen molar-refractivity contribution in [3.05, 3.63) is 22.9 Å². The smallest absolute Gasteiger partial charge is 0.339 e. The summed E-state index contributed by atoms with van der Waals surface area (Å²) in [6.07, 6.45) is -2.98. The van der Waals surface area contributed by atoms with Crippen LogP contribution in [0.1, 0.15) is 35.0 Å². The second-order valence-corrected chi connectivity index (χ2v) is 3.11. The van der Waals surface area contributed by atoms with E-state index in [9.17, 15) is 13.6 Å². The van der Waals surface area contributed by atoms with E-state index in [1.54, 1.807) is 6.92 Å². The summed E-state index contributed by atoms with van der Waals surface area (Å²) in [5.74, 6) is -1.04. The molecule has 18 heavy (non-hydrogen) atoms. The lowest BCUT2D eigenvalue weighted by molar-refractivity contribution is 0.0524. The number of hydrogen-bond donors (Lipinski definition) is 0. The van der Waals surface area contributed by atoms with Crippen LogP contribution in [-0.4, -0.2) is 24.7 Å². The molecular formula is C11H10F2N2O3. The monoisotopic (exact) mass is 256 g/mol. The average molecular weight is 256 g/mol. The van der Waals surface area contributed by atoms with E-state index in [4.69, 9.17) is 10.00 Å². The Morgan fingerprint density at radius 3 is 2.72 bits per heavy atom. The first kappa shape index (κ1) is 13.8. The maximum Gasteiger partial charge on any atom is 0.339 e. The van der Waals surface area contributed by atoms with Gasteiger partial charge < -0.3 is 9.47 Å². The van der Waals surface area contributed by atoms with Gasteiger partial charge in [-0.2, -0.15) is 5.26 Å². The summed E-state index contributed by atoms with van der Waals surface area (Å²) >= 11 is 0. The van der Waals surface area contributed by atoms with Crippen molar-refractivity contribution < 1.29 is 23.0 Å². The van der Waals surface area contributed by atoms with Gasteiger partial charge in [-0.05, 0) is 6.92 Å². The van der Waals surface area contributed by atoms with Crippen molar-refractivity contribution >= 4 is 5.97 Å². The zero-order valence-electron chi connectivity index (χ0n) is 9.74. The lowest BCUT2D eigenvalue weighted by Gasteiger charge is -2.09. The molecule has 0 bridgehead atoms. The summed E-state index contributed by atoms with van der Waals surface area (Å²) in [6, 6.07) is 2.64. The molecule has 96 valence electrons. The molecule has 0 atom stereocenters. The molecule has 1 aromatic heterocycles. The lowest BCUT2D eigenvalue weighted by Crippen LogP contribution is -2.11. The van der Waals surface area contributed by atoms with Crippen molar-refractivity contribution in [2.45, 2.75) is 13.3 Å². The largest absolute Gasteiger partial charge is 0.481 e. The third-order valence-electron chi connectivity index (χ3n) is 2.05. The molecule has 1 rings (SSSR count). The Bertz CT molecular complexity index is 498.